The van der Waals surface area contributed by atoms with E-state index < -0.39 is 58.8 Å². The zero-order chi connectivity index (χ0) is 25.7. The predicted octanol–water partition coefficient (Wildman–Crippen LogP) is -0.247. The standard InChI is InChI=1S/C18H27ClN5O9PS/c1-8(25)18(34(28,29)30)35(31,32)7-11-14(26)15(27)17(33-11)24-16-13(22-23-24)10(6-12(19)21-16)20-9-4-2-3-5-9/h6,8-9,11,14-15,17-18,25-27H,2-5,7H2,1H3,(H,20,21)(H2,28,29,30)/t8?,11-,14-,15-,17-,18?/m1/s1. The van der Waals surface area contributed by atoms with Gasteiger partial charge in [0.2, 0.25) is 0 Å². The molecule has 4 rings (SSSR count). The van der Waals surface area contributed by atoms with E-state index in [9.17, 15) is 38.1 Å². The summed E-state index contributed by atoms with van der Waals surface area (Å²) in [6.45, 7) is 0.930. The first kappa shape index (κ1) is 26.6. The molecule has 0 amide bonds. The first-order valence-corrected chi connectivity index (χ1v) is 14.7. The number of aliphatic hydroxyl groups excluding tert-OH is 3. The van der Waals surface area contributed by atoms with E-state index in [0.717, 1.165) is 37.3 Å². The van der Waals surface area contributed by atoms with Crippen LogP contribution in [0.2, 0.25) is 5.15 Å². The third kappa shape index (κ3) is 5.33. The summed E-state index contributed by atoms with van der Waals surface area (Å²) < 4.78 is 43.7. The van der Waals surface area contributed by atoms with E-state index in [-0.39, 0.29) is 16.8 Å². The SMILES string of the molecule is CC(O)C(P(=O)(O)O)S(=O)(=O)C[C@H]1O[C@@H](n2nnc3c(NC4CCCC4)cc(Cl)nc32)[C@H](O)[C@@H]1O. The van der Waals surface area contributed by atoms with Gasteiger partial charge in [-0.2, -0.15) is 4.68 Å². The van der Waals surface area contributed by atoms with Crippen LogP contribution < -0.4 is 5.32 Å². The number of nitrogens with zero attached hydrogens (tertiary/aromatic N) is 4. The van der Waals surface area contributed by atoms with Crippen molar-refractivity contribution in [1.82, 2.24) is 20.0 Å². The van der Waals surface area contributed by atoms with Gasteiger partial charge in [-0.1, -0.05) is 29.7 Å². The minimum atomic E-state index is -5.26. The van der Waals surface area contributed by atoms with Gasteiger partial charge in [-0.3, -0.25) is 4.57 Å². The lowest BCUT2D eigenvalue weighted by Crippen LogP contribution is -2.41. The second-order valence-electron chi connectivity index (χ2n) is 8.92. The van der Waals surface area contributed by atoms with Crippen LogP contribution in [0.4, 0.5) is 5.69 Å². The Bertz CT molecular complexity index is 1230. The third-order valence-corrected chi connectivity index (χ3v) is 11.2. The van der Waals surface area contributed by atoms with E-state index in [1.165, 1.54) is 0 Å². The molecule has 1 aliphatic carbocycles. The molecule has 0 radical (unpaired) electrons. The normalized spacial score (nSPS) is 28.0. The fraction of sp³-hybridized carbons (Fsp3) is 0.722. The molecule has 3 heterocycles. The summed E-state index contributed by atoms with van der Waals surface area (Å²) >= 11 is 6.18. The zero-order valence-electron chi connectivity index (χ0n) is 18.5. The number of hydrogen-bond donors (Lipinski definition) is 6. The molecule has 14 nitrogen and oxygen atoms in total. The van der Waals surface area contributed by atoms with E-state index in [4.69, 9.17) is 16.3 Å². The Labute approximate surface area is 205 Å². The molecule has 196 valence electrons. The number of halogens is 1. The zero-order valence-corrected chi connectivity index (χ0v) is 21.0. The number of aromatic nitrogens is 4. The molecular weight excluding hydrogens is 529 g/mol. The first-order chi connectivity index (χ1) is 16.3. The van der Waals surface area contributed by atoms with E-state index in [1.807, 2.05) is 0 Å². The van der Waals surface area contributed by atoms with Gasteiger partial charge in [0.05, 0.1) is 17.5 Å². The van der Waals surface area contributed by atoms with Crippen LogP contribution in [0.1, 0.15) is 38.8 Å². The Hall–Kier alpha value is -1.42. The number of hydrogen-bond acceptors (Lipinski definition) is 11. The van der Waals surface area contributed by atoms with Crippen LogP contribution >= 0.6 is 19.2 Å². The van der Waals surface area contributed by atoms with Crippen molar-refractivity contribution in [3.8, 4) is 0 Å². The molecule has 6 atom stereocenters. The summed E-state index contributed by atoms with van der Waals surface area (Å²) in [5, 5.41) is 42.3. The van der Waals surface area contributed by atoms with Crippen molar-refractivity contribution in [1.29, 1.82) is 0 Å². The van der Waals surface area contributed by atoms with Crippen molar-refractivity contribution >= 4 is 45.9 Å². The highest BCUT2D eigenvalue weighted by atomic mass is 35.5. The van der Waals surface area contributed by atoms with Crippen molar-refractivity contribution in [3.63, 3.8) is 0 Å². The van der Waals surface area contributed by atoms with Crippen molar-refractivity contribution in [2.75, 3.05) is 11.1 Å². The molecule has 35 heavy (non-hydrogen) atoms. The Morgan fingerprint density at radius 2 is 1.94 bits per heavy atom. The lowest BCUT2D eigenvalue weighted by Gasteiger charge is -2.23. The molecule has 2 aromatic rings. The van der Waals surface area contributed by atoms with Gasteiger partial charge in [0.1, 0.15) is 23.5 Å². The molecule has 2 fully saturated rings. The molecule has 0 aromatic carbocycles. The summed E-state index contributed by atoms with van der Waals surface area (Å²) in [5.74, 6) is -1.07. The van der Waals surface area contributed by atoms with E-state index >= 15 is 0 Å². The molecule has 0 bridgehead atoms. The van der Waals surface area contributed by atoms with Crippen molar-refractivity contribution in [2.45, 2.75) is 74.3 Å². The third-order valence-electron chi connectivity index (χ3n) is 6.20. The predicted molar refractivity (Wildman–Crippen MR) is 123 cm³/mol. The maximum Gasteiger partial charge on any atom is 0.346 e. The molecule has 2 unspecified atom stereocenters. The molecule has 1 aliphatic heterocycles. The quantitative estimate of drug-likeness (QED) is 0.183. The second-order valence-corrected chi connectivity index (χ2v) is 13.6. The Kier molecular flexibility index (Phi) is 7.46. The van der Waals surface area contributed by atoms with Crippen LogP contribution in [0.5, 0.6) is 0 Å². The van der Waals surface area contributed by atoms with E-state index in [2.05, 4.69) is 20.6 Å². The number of pyridine rings is 1. The summed E-state index contributed by atoms with van der Waals surface area (Å²) in [6.07, 6.45) is -4.18. The fourth-order valence-electron chi connectivity index (χ4n) is 4.65. The van der Waals surface area contributed by atoms with Crippen molar-refractivity contribution in [2.24, 2.45) is 0 Å². The minimum Gasteiger partial charge on any atom is -0.391 e. The molecule has 2 aromatic heterocycles. The van der Waals surface area contributed by atoms with Gasteiger partial charge in [0.15, 0.2) is 32.2 Å². The molecule has 1 saturated heterocycles. The number of ether oxygens (including phenoxy) is 1. The molecule has 6 N–H and O–H groups in total. The van der Waals surface area contributed by atoms with E-state index in [0.29, 0.717) is 11.2 Å². The number of fused-ring (bicyclic) bond motifs is 1. The van der Waals surface area contributed by atoms with Crippen LogP contribution in [0.3, 0.4) is 0 Å². The Morgan fingerprint density at radius 3 is 2.54 bits per heavy atom. The lowest BCUT2D eigenvalue weighted by atomic mass is 10.1. The molecular formula is C18H27ClN5O9PS. The Balaban J connectivity index is 1.61. The smallest absolute Gasteiger partial charge is 0.346 e. The lowest BCUT2D eigenvalue weighted by molar-refractivity contribution is -0.0375. The highest BCUT2D eigenvalue weighted by molar-refractivity contribution is 7.98. The summed E-state index contributed by atoms with van der Waals surface area (Å²) in [6, 6.07) is 1.82. The minimum absolute atomic E-state index is 0.107. The number of rotatable bonds is 8. The van der Waals surface area contributed by atoms with Crippen molar-refractivity contribution in [3.05, 3.63) is 11.2 Å². The molecule has 17 heteroatoms. The first-order valence-electron chi connectivity index (χ1n) is 10.9. The van der Waals surface area contributed by atoms with Crippen LogP contribution in [0, 0.1) is 0 Å². The van der Waals surface area contributed by atoms with Gasteiger partial charge in [-0.05, 0) is 19.8 Å². The molecule has 0 spiro atoms. The number of aliphatic hydroxyl groups is 3. The number of sulfone groups is 1. The summed E-state index contributed by atoms with van der Waals surface area (Å²) in [4.78, 5) is 20.6. The van der Waals surface area contributed by atoms with Gasteiger partial charge < -0.3 is 35.2 Å². The van der Waals surface area contributed by atoms with Crippen LogP contribution in [-0.4, -0.2) is 94.7 Å². The second kappa shape index (κ2) is 9.80. The molecule has 2 aliphatic rings. The van der Waals surface area contributed by atoms with Crippen LogP contribution in [0.25, 0.3) is 11.2 Å². The van der Waals surface area contributed by atoms with Crippen LogP contribution in [0.15, 0.2) is 6.07 Å². The van der Waals surface area contributed by atoms with Gasteiger partial charge in [-0.25, -0.2) is 13.4 Å². The maximum atomic E-state index is 12.7. The average Bonchev–Trinajstić information content (AvgIpc) is 3.43. The van der Waals surface area contributed by atoms with Gasteiger partial charge >= 0.3 is 7.60 Å². The highest BCUT2D eigenvalue weighted by Crippen LogP contribution is 2.47. The highest BCUT2D eigenvalue weighted by Gasteiger charge is 2.51. The topological polar surface area (TPSA) is 217 Å². The van der Waals surface area contributed by atoms with Gasteiger partial charge in [-0.15, -0.1) is 5.10 Å². The number of nitrogens with one attached hydrogen (secondary N) is 1. The largest absolute Gasteiger partial charge is 0.391 e. The average molecular weight is 556 g/mol. The summed E-state index contributed by atoms with van der Waals surface area (Å²) in [5.41, 5.74) is 1.03. The van der Waals surface area contributed by atoms with Gasteiger partial charge in [0, 0.05) is 12.1 Å². The van der Waals surface area contributed by atoms with E-state index in [1.54, 1.807) is 6.07 Å². The maximum absolute atomic E-state index is 12.7. The van der Waals surface area contributed by atoms with Gasteiger partial charge in [0.25, 0.3) is 0 Å². The summed E-state index contributed by atoms with van der Waals surface area (Å²) in [7, 11) is -9.94. The Morgan fingerprint density at radius 1 is 1.29 bits per heavy atom. The number of anilines is 1. The van der Waals surface area contributed by atoms with Crippen molar-refractivity contribution < 1.29 is 42.8 Å². The monoisotopic (exact) mass is 555 g/mol. The molecule has 1 saturated carbocycles. The van der Waals surface area contributed by atoms with Crippen LogP contribution in [-0.2, 0) is 19.1 Å². The fourth-order valence-corrected chi connectivity index (χ4v) is 8.86.